The summed E-state index contributed by atoms with van der Waals surface area (Å²) in [6, 6.07) is 5.50. The molecule has 0 unspecified atom stereocenters. The highest BCUT2D eigenvalue weighted by Gasteiger charge is 2.18. The highest BCUT2D eigenvalue weighted by atomic mass is 79.9. The zero-order valence-corrected chi connectivity index (χ0v) is 13.3. The Bertz CT molecular complexity index is 445. The average molecular weight is 341 g/mol. The molecule has 0 aromatic heterocycles. The zero-order chi connectivity index (χ0) is 14.2. The van der Waals surface area contributed by atoms with E-state index in [1.807, 2.05) is 18.2 Å². The lowest BCUT2D eigenvalue weighted by molar-refractivity contribution is 0.0933. The molecular weight excluding hydrogens is 320 g/mol. The van der Waals surface area contributed by atoms with Gasteiger partial charge in [0.25, 0.3) is 0 Å². The Balaban J connectivity index is 1.72. The van der Waals surface area contributed by atoms with E-state index in [2.05, 4.69) is 15.9 Å². The number of ketones is 1. The Morgan fingerprint density at radius 1 is 1.15 bits per heavy atom. The molecule has 0 N–H and O–H groups in total. The van der Waals surface area contributed by atoms with Crippen molar-refractivity contribution in [2.24, 2.45) is 0 Å². The lowest BCUT2D eigenvalue weighted by Crippen LogP contribution is -2.15. The van der Waals surface area contributed by atoms with Crippen molar-refractivity contribution in [3.05, 3.63) is 23.8 Å². The first-order chi connectivity index (χ1) is 9.81. The molecule has 3 nitrogen and oxygen atoms in total. The minimum Gasteiger partial charge on any atom is -0.493 e. The molecule has 1 aromatic carbocycles. The number of Topliss-reactive ketones (excluding diaryl/α,β-unsaturated/α-hetero) is 1. The van der Waals surface area contributed by atoms with Crippen LogP contribution >= 0.6 is 15.9 Å². The molecule has 0 bridgehead atoms. The zero-order valence-electron chi connectivity index (χ0n) is 11.7. The number of carbonyl (C=O) groups excluding carboxylic acids is 1. The van der Waals surface area contributed by atoms with E-state index in [1.165, 1.54) is 25.7 Å². The molecule has 1 aliphatic heterocycles. The molecule has 0 fully saturated rings. The van der Waals surface area contributed by atoms with Crippen LogP contribution in [-0.4, -0.2) is 24.3 Å². The molecule has 0 saturated heterocycles. The van der Waals surface area contributed by atoms with E-state index < -0.39 is 0 Å². The molecule has 20 heavy (non-hydrogen) atoms. The van der Waals surface area contributed by atoms with Crippen LogP contribution in [0, 0.1) is 0 Å². The molecule has 1 aliphatic rings. The van der Waals surface area contributed by atoms with Crippen molar-refractivity contribution >= 4 is 21.7 Å². The van der Waals surface area contributed by atoms with E-state index in [-0.39, 0.29) is 5.78 Å². The standard InChI is InChI=1S/C16H21BrO3/c17-9-4-2-1-3-5-10-19-13-6-7-14-15(18)8-11-20-16(14)12-13/h6-7,12H,1-5,8-11H2. The van der Waals surface area contributed by atoms with Crippen molar-refractivity contribution in [3.8, 4) is 11.5 Å². The molecule has 2 rings (SSSR count). The van der Waals surface area contributed by atoms with E-state index >= 15 is 0 Å². The Kier molecular flexibility index (Phi) is 6.37. The third-order valence-electron chi connectivity index (χ3n) is 3.39. The SMILES string of the molecule is O=C1CCOc2cc(OCCCCCCCBr)ccc21. The van der Waals surface area contributed by atoms with E-state index in [0.29, 0.717) is 24.3 Å². The van der Waals surface area contributed by atoms with Crippen LogP contribution in [0.2, 0.25) is 0 Å². The number of fused-ring (bicyclic) bond motifs is 1. The first-order valence-electron chi connectivity index (χ1n) is 7.30. The minimum absolute atomic E-state index is 0.157. The second-order valence-electron chi connectivity index (χ2n) is 4.98. The van der Waals surface area contributed by atoms with Crippen molar-refractivity contribution in [1.29, 1.82) is 0 Å². The fraction of sp³-hybridized carbons (Fsp3) is 0.562. The van der Waals surface area contributed by atoms with Gasteiger partial charge in [-0.25, -0.2) is 0 Å². The second-order valence-corrected chi connectivity index (χ2v) is 5.78. The maximum atomic E-state index is 11.7. The molecule has 4 heteroatoms. The van der Waals surface area contributed by atoms with E-state index in [1.54, 1.807) is 0 Å². The van der Waals surface area contributed by atoms with Gasteiger partial charge in [0, 0.05) is 17.8 Å². The highest BCUT2D eigenvalue weighted by molar-refractivity contribution is 9.09. The van der Waals surface area contributed by atoms with Gasteiger partial charge in [-0.15, -0.1) is 0 Å². The van der Waals surface area contributed by atoms with Gasteiger partial charge in [0.1, 0.15) is 11.5 Å². The Morgan fingerprint density at radius 3 is 2.80 bits per heavy atom. The molecule has 1 aromatic rings. The van der Waals surface area contributed by atoms with Gasteiger partial charge in [-0.3, -0.25) is 4.79 Å². The minimum atomic E-state index is 0.157. The fourth-order valence-electron chi connectivity index (χ4n) is 2.25. The largest absolute Gasteiger partial charge is 0.493 e. The first kappa shape index (κ1) is 15.4. The number of rotatable bonds is 8. The number of ether oxygens (including phenoxy) is 2. The van der Waals surface area contributed by atoms with Gasteiger partial charge >= 0.3 is 0 Å². The third kappa shape index (κ3) is 4.51. The number of carbonyl (C=O) groups is 1. The van der Waals surface area contributed by atoms with Crippen LogP contribution in [0.1, 0.15) is 48.9 Å². The predicted octanol–water partition coefficient (Wildman–Crippen LogP) is 4.38. The van der Waals surface area contributed by atoms with Gasteiger partial charge in [-0.1, -0.05) is 35.2 Å². The lowest BCUT2D eigenvalue weighted by Gasteiger charge is -2.17. The molecular formula is C16H21BrO3. The van der Waals surface area contributed by atoms with Crippen LogP contribution in [0.5, 0.6) is 11.5 Å². The summed E-state index contributed by atoms with van der Waals surface area (Å²) in [6.07, 6.45) is 6.53. The Morgan fingerprint density at radius 2 is 1.95 bits per heavy atom. The third-order valence-corrected chi connectivity index (χ3v) is 3.95. The highest BCUT2D eigenvalue weighted by Crippen LogP contribution is 2.29. The summed E-state index contributed by atoms with van der Waals surface area (Å²) in [4.78, 5) is 11.7. The van der Waals surface area contributed by atoms with E-state index in [0.717, 1.165) is 24.1 Å². The van der Waals surface area contributed by atoms with Crippen LogP contribution in [-0.2, 0) is 0 Å². The van der Waals surface area contributed by atoms with Crippen LogP contribution in [0.4, 0.5) is 0 Å². The van der Waals surface area contributed by atoms with E-state index in [9.17, 15) is 4.79 Å². The molecule has 1 heterocycles. The topological polar surface area (TPSA) is 35.5 Å². The Hall–Kier alpha value is -1.03. The summed E-state index contributed by atoms with van der Waals surface area (Å²) in [5.74, 6) is 1.61. The summed E-state index contributed by atoms with van der Waals surface area (Å²) in [5, 5.41) is 1.09. The van der Waals surface area contributed by atoms with Gasteiger partial charge in [0.05, 0.1) is 18.8 Å². The average Bonchev–Trinajstić information content (AvgIpc) is 2.46. The number of alkyl halides is 1. The molecule has 0 saturated carbocycles. The molecule has 0 atom stereocenters. The maximum absolute atomic E-state index is 11.7. The smallest absolute Gasteiger partial charge is 0.169 e. The molecule has 0 aliphatic carbocycles. The first-order valence-corrected chi connectivity index (χ1v) is 8.42. The number of unbranched alkanes of at least 4 members (excludes halogenated alkanes) is 4. The Labute approximate surface area is 128 Å². The number of hydrogen-bond donors (Lipinski definition) is 0. The normalized spacial score (nSPS) is 13.8. The summed E-state index contributed by atoms with van der Waals surface area (Å²) >= 11 is 3.44. The van der Waals surface area contributed by atoms with Crippen molar-refractivity contribution in [1.82, 2.24) is 0 Å². The van der Waals surface area contributed by atoms with Gasteiger partial charge in [0.15, 0.2) is 5.78 Å². The van der Waals surface area contributed by atoms with Crippen LogP contribution in [0.15, 0.2) is 18.2 Å². The summed E-state index contributed by atoms with van der Waals surface area (Å²) in [5.41, 5.74) is 0.679. The van der Waals surface area contributed by atoms with E-state index in [4.69, 9.17) is 9.47 Å². The fourth-order valence-corrected chi connectivity index (χ4v) is 2.64. The van der Waals surface area contributed by atoms with Crippen LogP contribution in [0.25, 0.3) is 0 Å². The molecule has 0 radical (unpaired) electrons. The van der Waals surface area contributed by atoms with Crippen molar-refractivity contribution in [3.63, 3.8) is 0 Å². The van der Waals surface area contributed by atoms with Gasteiger partial charge in [-0.05, 0) is 25.0 Å². The summed E-state index contributed by atoms with van der Waals surface area (Å²) < 4.78 is 11.2. The lowest BCUT2D eigenvalue weighted by atomic mass is 10.1. The molecule has 0 spiro atoms. The quantitative estimate of drug-likeness (QED) is 0.520. The number of benzene rings is 1. The van der Waals surface area contributed by atoms with Crippen molar-refractivity contribution in [2.45, 2.75) is 38.5 Å². The van der Waals surface area contributed by atoms with Crippen molar-refractivity contribution in [2.75, 3.05) is 18.5 Å². The number of halogens is 1. The van der Waals surface area contributed by atoms with Crippen LogP contribution in [0.3, 0.4) is 0 Å². The second kappa shape index (κ2) is 8.30. The van der Waals surface area contributed by atoms with Gasteiger partial charge in [0.2, 0.25) is 0 Å². The molecule has 0 amide bonds. The monoisotopic (exact) mass is 340 g/mol. The maximum Gasteiger partial charge on any atom is 0.169 e. The van der Waals surface area contributed by atoms with Crippen molar-refractivity contribution < 1.29 is 14.3 Å². The number of hydrogen-bond acceptors (Lipinski definition) is 3. The predicted molar refractivity (Wildman–Crippen MR) is 83.3 cm³/mol. The summed E-state index contributed by atoms with van der Waals surface area (Å²) in [6.45, 7) is 1.20. The van der Waals surface area contributed by atoms with Gasteiger partial charge < -0.3 is 9.47 Å². The van der Waals surface area contributed by atoms with Crippen LogP contribution < -0.4 is 9.47 Å². The van der Waals surface area contributed by atoms with Gasteiger partial charge in [-0.2, -0.15) is 0 Å². The summed E-state index contributed by atoms with van der Waals surface area (Å²) in [7, 11) is 0. The molecule has 110 valence electrons.